The maximum absolute atomic E-state index is 13.2. The average molecular weight is 489 g/mol. The van der Waals surface area contributed by atoms with Gasteiger partial charge in [-0.3, -0.25) is 9.59 Å². The van der Waals surface area contributed by atoms with Gasteiger partial charge in [0.25, 0.3) is 5.56 Å². The molecule has 6 nitrogen and oxygen atoms in total. The molecule has 0 unspecified atom stereocenters. The van der Waals surface area contributed by atoms with Crippen molar-refractivity contribution in [1.29, 1.82) is 0 Å². The molecule has 1 aliphatic carbocycles. The van der Waals surface area contributed by atoms with Crippen LogP contribution in [0.2, 0.25) is 0 Å². The van der Waals surface area contributed by atoms with Crippen LogP contribution in [0.25, 0.3) is 10.2 Å². The van der Waals surface area contributed by atoms with Gasteiger partial charge in [0.2, 0.25) is 5.91 Å². The van der Waals surface area contributed by atoms with Gasteiger partial charge in [-0.25, -0.2) is 9.37 Å². The number of aryl methyl sites for hydroxylation is 2. The Bertz CT molecular complexity index is 1170. The summed E-state index contributed by atoms with van der Waals surface area (Å²) in [6.07, 6.45) is 4.29. The number of thioether (sulfide) groups is 1. The minimum Gasteiger partial charge on any atom is -0.336 e. The summed E-state index contributed by atoms with van der Waals surface area (Å²) in [6, 6.07) is 6.25. The summed E-state index contributed by atoms with van der Waals surface area (Å²) in [5.41, 5.74) is 2.01. The molecule has 0 saturated carbocycles. The van der Waals surface area contributed by atoms with E-state index in [1.165, 1.54) is 40.8 Å². The zero-order chi connectivity index (χ0) is 23.4. The fraction of sp³-hybridized carbons (Fsp3) is 0.458. The van der Waals surface area contributed by atoms with Crippen LogP contribution in [0.1, 0.15) is 34.7 Å². The van der Waals surface area contributed by atoms with Crippen LogP contribution < -0.4 is 5.56 Å². The highest BCUT2D eigenvalue weighted by atomic mass is 32.2. The van der Waals surface area contributed by atoms with Crippen LogP contribution in [-0.2, 0) is 29.9 Å². The molecule has 33 heavy (non-hydrogen) atoms. The lowest BCUT2D eigenvalue weighted by Gasteiger charge is -2.24. The highest BCUT2D eigenvalue weighted by molar-refractivity contribution is 7.99. The third-order valence-corrected chi connectivity index (χ3v) is 7.91. The standard InChI is InChI=1S/C24H29FN4O2S2/c1-28(2)11-12-29(13-16-7-9-17(25)10-8-16)21(30)15-32-14-20-26-23(31)22-18-5-3-4-6-19(18)33-24(22)27-20/h7-10H,3-6,11-15H2,1-2H3,(H,26,27,31). The van der Waals surface area contributed by atoms with E-state index < -0.39 is 0 Å². The first-order chi connectivity index (χ1) is 15.9. The second-order valence-corrected chi connectivity index (χ2v) is 10.7. The summed E-state index contributed by atoms with van der Waals surface area (Å²) in [4.78, 5) is 39.2. The van der Waals surface area contributed by atoms with Crippen molar-refractivity contribution in [3.05, 3.63) is 62.3 Å². The highest BCUT2D eigenvalue weighted by Crippen LogP contribution is 2.33. The number of carbonyl (C=O) groups is 1. The first-order valence-electron chi connectivity index (χ1n) is 11.2. The summed E-state index contributed by atoms with van der Waals surface area (Å²) in [7, 11) is 3.94. The van der Waals surface area contributed by atoms with Gasteiger partial charge in [0, 0.05) is 24.5 Å². The number of H-pyrrole nitrogens is 1. The van der Waals surface area contributed by atoms with E-state index in [1.807, 2.05) is 19.0 Å². The lowest BCUT2D eigenvalue weighted by molar-refractivity contribution is -0.129. The molecule has 0 saturated heterocycles. The maximum atomic E-state index is 13.2. The number of carbonyl (C=O) groups excluding carboxylic acids is 1. The number of amides is 1. The molecule has 1 amide bonds. The van der Waals surface area contributed by atoms with Crippen molar-refractivity contribution >= 4 is 39.2 Å². The van der Waals surface area contributed by atoms with Gasteiger partial charge in [-0.1, -0.05) is 12.1 Å². The van der Waals surface area contributed by atoms with Crippen molar-refractivity contribution in [2.24, 2.45) is 0 Å². The van der Waals surface area contributed by atoms with Crippen LogP contribution in [0, 0.1) is 5.82 Å². The number of aromatic amines is 1. The normalized spacial score (nSPS) is 13.5. The fourth-order valence-electron chi connectivity index (χ4n) is 4.03. The summed E-state index contributed by atoms with van der Waals surface area (Å²) < 4.78 is 13.2. The van der Waals surface area contributed by atoms with Gasteiger partial charge in [0.1, 0.15) is 16.5 Å². The van der Waals surface area contributed by atoms with Crippen LogP contribution in [0.3, 0.4) is 0 Å². The number of hydrogen-bond acceptors (Lipinski definition) is 6. The number of nitrogens with one attached hydrogen (secondary N) is 1. The number of rotatable bonds is 9. The Morgan fingerprint density at radius 3 is 2.70 bits per heavy atom. The van der Waals surface area contributed by atoms with E-state index in [-0.39, 0.29) is 23.0 Å². The Kier molecular flexibility index (Phi) is 7.82. The summed E-state index contributed by atoms with van der Waals surface area (Å²) in [5.74, 6) is 1.10. The molecular formula is C24H29FN4O2S2. The van der Waals surface area contributed by atoms with E-state index in [2.05, 4.69) is 4.98 Å². The molecular weight excluding hydrogens is 459 g/mol. The molecule has 2 aromatic heterocycles. The molecule has 4 rings (SSSR count). The van der Waals surface area contributed by atoms with Crippen LogP contribution >= 0.6 is 23.1 Å². The van der Waals surface area contributed by atoms with E-state index in [1.54, 1.807) is 28.4 Å². The molecule has 1 N–H and O–H groups in total. The molecule has 0 fully saturated rings. The second-order valence-electron chi connectivity index (χ2n) is 8.64. The topological polar surface area (TPSA) is 69.3 Å². The lowest BCUT2D eigenvalue weighted by Crippen LogP contribution is -2.37. The molecule has 3 aromatic rings. The van der Waals surface area contributed by atoms with Crippen molar-refractivity contribution < 1.29 is 9.18 Å². The summed E-state index contributed by atoms with van der Waals surface area (Å²) in [5, 5.41) is 0.758. The Balaban J connectivity index is 1.40. The number of fused-ring (bicyclic) bond motifs is 3. The quantitative estimate of drug-likeness (QED) is 0.496. The SMILES string of the molecule is CN(C)CCN(Cc1ccc(F)cc1)C(=O)CSCc1nc2sc3c(c2c(=O)[nH]1)CCCC3. The van der Waals surface area contributed by atoms with Gasteiger partial charge in [-0.15, -0.1) is 23.1 Å². The molecule has 0 bridgehead atoms. The molecule has 0 radical (unpaired) electrons. The van der Waals surface area contributed by atoms with Crippen molar-refractivity contribution in [1.82, 2.24) is 19.8 Å². The summed E-state index contributed by atoms with van der Waals surface area (Å²) in [6.45, 7) is 1.77. The fourth-order valence-corrected chi connectivity index (χ4v) is 6.10. The molecule has 1 aliphatic rings. The minimum atomic E-state index is -0.287. The predicted molar refractivity (Wildman–Crippen MR) is 133 cm³/mol. The zero-order valence-corrected chi connectivity index (χ0v) is 20.7. The zero-order valence-electron chi connectivity index (χ0n) is 19.0. The minimum absolute atomic E-state index is 0.0150. The van der Waals surface area contributed by atoms with Gasteiger partial charge >= 0.3 is 0 Å². The highest BCUT2D eigenvalue weighted by Gasteiger charge is 2.20. The van der Waals surface area contributed by atoms with Gasteiger partial charge in [0.15, 0.2) is 0 Å². The smallest absolute Gasteiger partial charge is 0.259 e. The van der Waals surface area contributed by atoms with Crippen LogP contribution in [0.5, 0.6) is 0 Å². The summed E-state index contributed by atoms with van der Waals surface area (Å²) >= 11 is 3.09. The first-order valence-corrected chi connectivity index (χ1v) is 13.2. The molecule has 176 valence electrons. The van der Waals surface area contributed by atoms with Crippen LogP contribution in [0.4, 0.5) is 4.39 Å². The molecule has 0 atom stereocenters. The van der Waals surface area contributed by atoms with Gasteiger partial charge in [-0.2, -0.15) is 0 Å². The average Bonchev–Trinajstić information content (AvgIpc) is 3.16. The third kappa shape index (κ3) is 6.02. The van der Waals surface area contributed by atoms with Crippen LogP contribution in [0.15, 0.2) is 29.1 Å². The van der Waals surface area contributed by atoms with E-state index in [4.69, 9.17) is 4.98 Å². The van der Waals surface area contributed by atoms with Crippen molar-refractivity contribution in [3.63, 3.8) is 0 Å². The van der Waals surface area contributed by atoms with Crippen LogP contribution in [-0.4, -0.2) is 58.6 Å². The third-order valence-electron chi connectivity index (χ3n) is 5.79. The Labute approximate surface area is 201 Å². The first kappa shape index (κ1) is 23.9. The lowest BCUT2D eigenvalue weighted by atomic mass is 9.97. The molecule has 2 heterocycles. The van der Waals surface area contributed by atoms with E-state index in [0.29, 0.717) is 24.7 Å². The second kappa shape index (κ2) is 10.8. The van der Waals surface area contributed by atoms with Crippen molar-refractivity contribution in [3.8, 4) is 0 Å². The number of halogens is 1. The van der Waals surface area contributed by atoms with E-state index >= 15 is 0 Å². The number of aromatic nitrogens is 2. The van der Waals surface area contributed by atoms with Gasteiger partial charge < -0.3 is 14.8 Å². The number of hydrogen-bond donors (Lipinski definition) is 1. The van der Waals surface area contributed by atoms with Gasteiger partial charge in [0.05, 0.1) is 16.9 Å². The molecule has 1 aromatic carbocycles. The number of thiophene rings is 1. The van der Waals surface area contributed by atoms with E-state index in [9.17, 15) is 14.0 Å². The number of benzene rings is 1. The number of nitrogens with zero attached hydrogens (tertiary/aromatic N) is 3. The number of likely N-dealkylation sites (N-methyl/N-ethyl adjacent to an activating group) is 1. The largest absolute Gasteiger partial charge is 0.336 e. The Morgan fingerprint density at radius 1 is 1.18 bits per heavy atom. The van der Waals surface area contributed by atoms with Crippen molar-refractivity contribution in [2.75, 3.05) is 32.9 Å². The molecule has 0 aliphatic heterocycles. The van der Waals surface area contributed by atoms with E-state index in [0.717, 1.165) is 41.6 Å². The maximum Gasteiger partial charge on any atom is 0.259 e. The molecule has 0 spiro atoms. The monoisotopic (exact) mass is 488 g/mol. The Hall–Kier alpha value is -2.23. The van der Waals surface area contributed by atoms with Crippen molar-refractivity contribution in [2.45, 2.75) is 38.0 Å². The predicted octanol–water partition coefficient (Wildman–Crippen LogP) is 3.83. The Morgan fingerprint density at radius 2 is 1.94 bits per heavy atom. The molecule has 9 heteroatoms. The van der Waals surface area contributed by atoms with Gasteiger partial charge in [-0.05, 0) is 63.0 Å².